The number of hydrogen-bond donors (Lipinski definition) is 0. The number of rotatable bonds is 2. The standard InChI is InChI=1S/C14H20N2O/c1-11(2)14(17)16-9-8-15(10-16)13-6-4-12(3)5-7-13/h4-7,11H,8-10H2,1-3H3. The van der Waals surface area contributed by atoms with E-state index < -0.39 is 0 Å². The van der Waals surface area contributed by atoms with E-state index in [1.807, 2.05) is 18.7 Å². The lowest BCUT2D eigenvalue weighted by molar-refractivity contribution is -0.133. The molecule has 0 bridgehead atoms. The topological polar surface area (TPSA) is 23.6 Å². The van der Waals surface area contributed by atoms with Crippen LogP contribution in [0.2, 0.25) is 0 Å². The van der Waals surface area contributed by atoms with Crippen molar-refractivity contribution in [1.82, 2.24) is 4.90 Å². The van der Waals surface area contributed by atoms with Crippen LogP contribution in [0.15, 0.2) is 24.3 Å². The first-order chi connectivity index (χ1) is 8.08. The normalized spacial score (nSPS) is 15.8. The summed E-state index contributed by atoms with van der Waals surface area (Å²) >= 11 is 0. The highest BCUT2D eigenvalue weighted by molar-refractivity contribution is 5.79. The predicted molar refractivity (Wildman–Crippen MR) is 69.9 cm³/mol. The van der Waals surface area contributed by atoms with Crippen LogP contribution in [0.4, 0.5) is 5.69 Å². The van der Waals surface area contributed by atoms with E-state index in [9.17, 15) is 4.79 Å². The molecule has 0 saturated carbocycles. The number of anilines is 1. The minimum atomic E-state index is 0.0907. The van der Waals surface area contributed by atoms with Crippen molar-refractivity contribution >= 4 is 11.6 Å². The third kappa shape index (κ3) is 2.60. The van der Waals surface area contributed by atoms with Gasteiger partial charge in [-0.05, 0) is 19.1 Å². The van der Waals surface area contributed by atoms with Gasteiger partial charge in [-0.15, -0.1) is 0 Å². The minimum absolute atomic E-state index is 0.0907. The zero-order chi connectivity index (χ0) is 12.4. The molecule has 1 aromatic carbocycles. The van der Waals surface area contributed by atoms with Gasteiger partial charge in [-0.25, -0.2) is 0 Å². The second-order valence-electron chi connectivity index (χ2n) is 5.00. The Morgan fingerprint density at radius 1 is 1.18 bits per heavy atom. The molecule has 0 aromatic heterocycles. The maximum Gasteiger partial charge on any atom is 0.226 e. The van der Waals surface area contributed by atoms with E-state index in [0.29, 0.717) is 0 Å². The Kier molecular flexibility index (Phi) is 3.36. The fourth-order valence-corrected chi connectivity index (χ4v) is 2.10. The summed E-state index contributed by atoms with van der Waals surface area (Å²) in [6, 6.07) is 8.47. The number of hydrogen-bond acceptors (Lipinski definition) is 2. The number of aryl methyl sites for hydroxylation is 1. The van der Waals surface area contributed by atoms with E-state index in [0.717, 1.165) is 19.8 Å². The second-order valence-corrected chi connectivity index (χ2v) is 5.00. The molecule has 0 spiro atoms. The molecule has 2 rings (SSSR count). The maximum atomic E-state index is 11.9. The van der Waals surface area contributed by atoms with Gasteiger partial charge in [0.25, 0.3) is 0 Å². The van der Waals surface area contributed by atoms with Crippen molar-refractivity contribution in [2.45, 2.75) is 20.8 Å². The first-order valence-corrected chi connectivity index (χ1v) is 6.18. The summed E-state index contributed by atoms with van der Waals surface area (Å²) in [6.07, 6.45) is 0. The molecule has 0 aliphatic carbocycles. The van der Waals surface area contributed by atoms with Crippen molar-refractivity contribution in [1.29, 1.82) is 0 Å². The quantitative estimate of drug-likeness (QED) is 0.781. The van der Waals surface area contributed by atoms with Gasteiger partial charge in [0.1, 0.15) is 0 Å². The molecule has 1 amide bonds. The van der Waals surface area contributed by atoms with Gasteiger partial charge < -0.3 is 9.80 Å². The summed E-state index contributed by atoms with van der Waals surface area (Å²) < 4.78 is 0. The zero-order valence-electron chi connectivity index (χ0n) is 10.8. The molecule has 1 saturated heterocycles. The average molecular weight is 232 g/mol. The van der Waals surface area contributed by atoms with Crippen molar-refractivity contribution in [3.63, 3.8) is 0 Å². The maximum absolute atomic E-state index is 11.9. The van der Waals surface area contributed by atoms with Crippen molar-refractivity contribution in [2.24, 2.45) is 5.92 Å². The van der Waals surface area contributed by atoms with Crippen LogP contribution in [0, 0.1) is 12.8 Å². The fourth-order valence-electron chi connectivity index (χ4n) is 2.10. The van der Waals surface area contributed by atoms with Crippen LogP contribution in [0.1, 0.15) is 19.4 Å². The molecule has 0 unspecified atom stereocenters. The van der Waals surface area contributed by atoms with E-state index in [2.05, 4.69) is 36.1 Å². The van der Waals surface area contributed by atoms with Crippen LogP contribution >= 0.6 is 0 Å². The van der Waals surface area contributed by atoms with Crippen molar-refractivity contribution in [2.75, 3.05) is 24.7 Å². The molecule has 1 aliphatic rings. The van der Waals surface area contributed by atoms with Crippen LogP contribution in [0.3, 0.4) is 0 Å². The molecular formula is C14H20N2O. The molecular weight excluding hydrogens is 212 g/mol. The lowest BCUT2D eigenvalue weighted by Crippen LogP contribution is -2.34. The van der Waals surface area contributed by atoms with Crippen LogP contribution in [-0.4, -0.2) is 30.6 Å². The smallest absolute Gasteiger partial charge is 0.226 e. The highest BCUT2D eigenvalue weighted by atomic mass is 16.2. The largest absolute Gasteiger partial charge is 0.352 e. The Bertz CT molecular complexity index is 397. The first kappa shape index (κ1) is 12.0. The third-order valence-electron chi connectivity index (χ3n) is 3.19. The first-order valence-electron chi connectivity index (χ1n) is 6.18. The zero-order valence-corrected chi connectivity index (χ0v) is 10.8. The van der Waals surface area contributed by atoms with Gasteiger partial charge in [0.05, 0.1) is 6.67 Å². The van der Waals surface area contributed by atoms with Gasteiger partial charge >= 0.3 is 0 Å². The van der Waals surface area contributed by atoms with Gasteiger partial charge in [0.15, 0.2) is 0 Å². The molecule has 1 heterocycles. The molecule has 3 heteroatoms. The number of amides is 1. The van der Waals surface area contributed by atoms with Crippen LogP contribution in [0.5, 0.6) is 0 Å². The number of benzene rings is 1. The van der Waals surface area contributed by atoms with Gasteiger partial charge in [0.2, 0.25) is 5.91 Å². The molecule has 0 atom stereocenters. The van der Waals surface area contributed by atoms with Gasteiger partial charge in [-0.2, -0.15) is 0 Å². The highest BCUT2D eigenvalue weighted by Crippen LogP contribution is 2.19. The van der Waals surface area contributed by atoms with Crippen LogP contribution < -0.4 is 4.90 Å². The molecule has 1 aliphatic heterocycles. The van der Waals surface area contributed by atoms with Crippen LogP contribution in [0.25, 0.3) is 0 Å². The Balaban J connectivity index is 2.03. The van der Waals surface area contributed by atoms with Gasteiger partial charge in [-0.1, -0.05) is 31.5 Å². The molecule has 17 heavy (non-hydrogen) atoms. The number of carbonyl (C=O) groups is 1. The Labute approximate surface area is 103 Å². The molecule has 92 valence electrons. The molecule has 3 nitrogen and oxygen atoms in total. The summed E-state index contributed by atoms with van der Waals surface area (Å²) in [7, 11) is 0. The predicted octanol–water partition coefficient (Wildman–Crippen LogP) is 2.26. The Hall–Kier alpha value is -1.51. The number of nitrogens with zero attached hydrogens (tertiary/aromatic N) is 2. The minimum Gasteiger partial charge on any atom is -0.352 e. The average Bonchev–Trinajstić information content (AvgIpc) is 2.78. The SMILES string of the molecule is Cc1ccc(N2CCN(C(=O)C(C)C)C2)cc1. The van der Waals surface area contributed by atoms with E-state index in [1.54, 1.807) is 0 Å². The Morgan fingerprint density at radius 2 is 1.82 bits per heavy atom. The molecule has 0 N–H and O–H groups in total. The lowest BCUT2D eigenvalue weighted by Gasteiger charge is -2.21. The van der Waals surface area contributed by atoms with Crippen molar-refractivity contribution in [3.8, 4) is 0 Å². The van der Waals surface area contributed by atoms with E-state index in [-0.39, 0.29) is 11.8 Å². The molecule has 0 radical (unpaired) electrons. The van der Waals surface area contributed by atoms with Gasteiger partial charge in [0, 0.05) is 24.7 Å². The van der Waals surface area contributed by atoms with E-state index in [4.69, 9.17) is 0 Å². The van der Waals surface area contributed by atoms with Crippen LogP contribution in [-0.2, 0) is 4.79 Å². The summed E-state index contributed by atoms with van der Waals surface area (Å²) in [5, 5.41) is 0. The molecule has 1 aromatic rings. The lowest BCUT2D eigenvalue weighted by atomic mass is 10.2. The fraction of sp³-hybridized carbons (Fsp3) is 0.500. The summed E-state index contributed by atoms with van der Waals surface area (Å²) in [4.78, 5) is 16.1. The van der Waals surface area contributed by atoms with Gasteiger partial charge in [-0.3, -0.25) is 4.79 Å². The van der Waals surface area contributed by atoms with Crippen molar-refractivity contribution in [3.05, 3.63) is 29.8 Å². The second kappa shape index (κ2) is 4.78. The van der Waals surface area contributed by atoms with E-state index in [1.165, 1.54) is 11.3 Å². The van der Waals surface area contributed by atoms with E-state index >= 15 is 0 Å². The Morgan fingerprint density at radius 3 is 2.41 bits per heavy atom. The highest BCUT2D eigenvalue weighted by Gasteiger charge is 2.25. The van der Waals surface area contributed by atoms with Crippen molar-refractivity contribution < 1.29 is 4.79 Å². The summed E-state index contributed by atoms with van der Waals surface area (Å²) in [5.74, 6) is 0.340. The summed E-state index contributed by atoms with van der Waals surface area (Å²) in [5.41, 5.74) is 2.47. The molecule has 1 fully saturated rings. The number of carbonyl (C=O) groups excluding carboxylic acids is 1. The monoisotopic (exact) mass is 232 g/mol. The third-order valence-corrected chi connectivity index (χ3v) is 3.19. The summed E-state index contributed by atoms with van der Waals surface area (Å²) in [6.45, 7) is 8.49.